The van der Waals surface area contributed by atoms with Crippen LogP contribution in [0, 0.1) is 6.92 Å². The summed E-state index contributed by atoms with van der Waals surface area (Å²) in [7, 11) is 3.25. The van der Waals surface area contributed by atoms with Crippen LogP contribution < -0.4 is 14.8 Å². The number of pyridine rings is 1. The minimum absolute atomic E-state index is 0.0586. The predicted molar refractivity (Wildman–Crippen MR) is 129 cm³/mol. The molecule has 162 valence electrons. The fourth-order valence-electron chi connectivity index (χ4n) is 3.77. The summed E-state index contributed by atoms with van der Waals surface area (Å²) in [6, 6.07) is 12.4. The molecular formula is C24H23N5O2S. The van der Waals surface area contributed by atoms with E-state index in [9.17, 15) is 0 Å². The zero-order valence-corrected chi connectivity index (χ0v) is 19.1. The van der Waals surface area contributed by atoms with E-state index in [1.54, 1.807) is 25.6 Å². The molecule has 2 N–H and O–H groups in total. The van der Waals surface area contributed by atoms with Gasteiger partial charge in [-0.25, -0.2) is 15.0 Å². The Morgan fingerprint density at radius 1 is 1.03 bits per heavy atom. The number of nitrogens with zero attached hydrogens (tertiary/aromatic N) is 3. The minimum atomic E-state index is 0.0586. The van der Waals surface area contributed by atoms with Gasteiger partial charge in [0.15, 0.2) is 11.5 Å². The van der Waals surface area contributed by atoms with Crippen molar-refractivity contribution in [3.05, 3.63) is 59.5 Å². The Balaban J connectivity index is 1.46. The number of fused-ring (bicyclic) bond motifs is 2. The third-order valence-electron chi connectivity index (χ3n) is 5.40. The maximum absolute atomic E-state index is 5.48. The standard InChI is InChI=1S/C24H23N5O2S/c1-13(21-5-6-22(32-21)16-9-15-7-8-25-23(15)26-12-16)27-24-17-10-19(30-3)20(31-4)11-18(17)28-14(2)29-24/h5-13H,1-4H3,(H,25,26)(H,27,28,29)/t13-/m0/s1. The summed E-state index contributed by atoms with van der Waals surface area (Å²) in [6.07, 6.45) is 3.82. The number of rotatable bonds is 6. The van der Waals surface area contributed by atoms with Crippen LogP contribution in [-0.4, -0.2) is 34.2 Å². The highest BCUT2D eigenvalue weighted by Gasteiger charge is 2.16. The molecule has 32 heavy (non-hydrogen) atoms. The van der Waals surface area contributed by atoms with E-state index in [0.717, 1.165) is 33.3 Å². The molecule has 0 aliphatic carbocycles. The number of thiophene rings is 1. The van der Waals surface area contributed by atoms with Crippen LogP contribution in [0.1, 0.15) is 23.7 Å². The number of aryl methyl sites for hydroxylation is 1. The molecule has 5 rings (SSSR count). The van der Waals surface area contributed by atoms with Crippen LogP contribution in [0.4, 0.5) is 5.82 Å². The topological polar surface area (TPSA) is 85.0 Å². The second kappa shape index (κ2) is 8.12. The highest BCUT2D eigenvalue weighted by atomic mass is 32.1. The van der Waals surface area contributed by atoms with E-state index in [4.69, 9.17) is 9.47 Å². The number of anilines is 1. The van der Waals surface area contributed by atoms with Crippen molar-refractivity contribution in [1.82, 2.24) is 19.9 Å². The van der Waals surface area contributed by atoms with E-state index in [1.807, 2.05) is 37.5 Å². The Kier molecular flexibility index (Phi) is 5.14. The lowest BCUT2D eigenvalue weighted by Gasteiger charge is -2.16. The summed E-state index contributed by atoms with van der Waals surface area (Å²) in [5.74, 6) is 2.76. The molecule has 0 unspecified atom stereocenters. The van der Waals surface area contributed by atoms with Gasteiger partial charge in [0.1, 0.15) is 17.3 Å². The number of nitrogens with one attached hydrogen (secondary N) is 2. The smallest absolute Gasteiger partial charge is 0.162 e. The summed E-state index contributed by atoms with van der Waals surface area (Å²) >= 11 is 1.75. The van der Waals surface area contributed by atoms with Crippen LogP contribution in [0.5, 0.6) is 11.5 Å². The molecule has 8 heteroatoms. The molecule has 5 aromatic rings. The minimum Gasteiger partial charge on any atom is -0.493 e. The van der Waals surface area contributed by atoms with Crippen molar-refractivity contribution in [3.63, 3.8) is 0 Å². The van der Waals surface area contributed by atoms with Gasteiger partial charge < -0.3 is 19.8 Å². The Hall–Kier alpha value is -3.65. The Bertz CT molecular complexity index is 1420. The maximum atomic E-state index is 5.48. The Morgan fingerprint density at radius 3 is 2.66 bits per heavy atom. The summed E-state index contributed by atoms with van der Waals surface area (Å²) in [5.41, 5.74) is 2.82. The first-order valence-electron chi connectivity index (χ1n) is 10.3. The lowest BCUT2D eigenvalue weighted by molar-refractivity contribution is 0.356. The van der Waals surface area contributed by atoms with Gasteiger partial charge in [-0.2, -0.15) is 0 Å². The van der Waals surface area contributed by atoms with E-state index in [0.29, 0.717) is 17.3 Å². The lowest BCUT2D eigenvalue weighted by atomic mass is 10.2. The number of aromatic nitrogens is 4. The first-order valence-corrected chi connectivity index (χ1v) is 11.1. The van der Waals surface area contributed by atoms with Gasteiger partial charge >= 0.3 is 0 Å². The lowest BCUT2D eigenvalue weighted by Crippen LogP contribution is -2.08. The zero-order valence-electron chi connectivity index (χ0n) is 18.3. The summed E-state index contributed by atoms with van der Waals surface area (Å²) in [4.78, 5) is 19.3. The monoisotopic (exact) mass is 445 g/mol. The molecule has 0 bridgehead atoms. The van der Waals surface area contributed by atoms with Crippen molar-refractivity contribution in [3.8, 4) is 21.9 Å². The average molecular weight is 446 g/mol. The van der Waals surface area contributed by atoms with Gasteiger partial charge in [0.2, 0.25) is 0 Å². The molecule has 0 radical (unpaired) electrons. The number of H-pyrrole nitrogens is 1. The van der Waals surface area contributed by atoms with Crippen molar-refractivity contribution >= 4 is 39.1 Å². The van der Waals surface area contributed by atoms with Gasteiger partial charge in [-0.3, -0.25) is 0 Å². The first kappa shape index (κ1) is 20.3. The van der Waals surface area contributed by atoms with Crippen LogP contribution in [0.2, 0.25) is 0 Å². The Morgan fingerprint density at radius 2 is 1.84 bits per heavy atom. The molecule has 0 fully saturated rings. The van der Waals surface area contributed by atoms with Crippen molar-refractivity contribution < 1.29 is 9.47 Å². The Labute approximate surface area is 189 Å². The molecule has 0 saturated heterocycles. The zero-order chi connectivity index (χ0) is 22.2. The molecule has 1 aromatic carbocycles. The van der Waals surface area contributed by atoms with E-state index >= 15 is 0 Å². The maximum Gasteiger partial charge on any atom is 0.162 e. The number of hydrogen-bond donors (Lipinski definition) is 2. The van der Waals surface area contributed by atoms with Crippen LogP contribution in [0.3, 0.4) is 0 Å². The largest absolute Gasteiger partial charge is 0.493 e. The van der Waals surface area contributed by atoms with Crippen LogP contribution in [0.15, 0.2) is 48.8 Å². The summed E-state index contributed by atoms with van der Waals surface area (Å²) in [6.45, 7) is 4.02. The molecule has 7 nitrogen and oxygen atoms in total. The van der Waals surface area contributed by atoms with Crippen LogP contribution in [0.25, 0.3) is 32.4 Å². The first-order chi connectivity index (χ1) is 15.6. The summed E-state index contributed by atoms with van der Waals surface area (Å²) in [5, 5.41) is 5.56. The quantitative estimate of drug-likeness (QED) is 0.347. The van der Waals surface area contributed by atoms with Crippen LogP contribution in [-0.2, 0) is 0 Å². The normalized spacial score (nSPS) is 12.2. The average Bonchev–Trinajstić information content (AvgIpc) is 3.47. The number of aromatic amines is 1. The third kappa shape index (κ3) is 3.62. The number of hydrogen-bond acceptors (Lipinski definition) is 7. The molecule has 0 spiro atoms. The highest BCUT2D eigenvalue weighted by Crippen LogP contribution is 2.37. The van der Waals surface area contributed by atoms with Gasteiger partial charge in [0.25, 0.3) is 0 Å². The SMILES string of the molecule is COc1cc2nc(C)nc(N[C@@H](C)c3ccc(-c4cnc5[nH]ccc5c4)s3)c2cc1OC. The number of benzene rings is 1. The van der Waals surface area contributed by atoms with Gasteiger partial charge in [0.05, 0.1) is 25.8 Å². The van der Waals surface area contributed by atoms with Crippen molar-refractivity contribution in [2.45, 2.75) is 19.9 Å². The van der Waals surface area contributed by atoms with E-state index in [1.165, 1.54) is 9.75 Å². The van der Waals surface area contributed by atoms with Gasteiger partial charge in [-0.15, -0.1) is 11.3 Å². The van der Waals surface area contributed by atoms with Crippen molar-refractivity contribution in [2.24, 2.45) is 0 Å². The molecule has 0 aliphatic rings. The molecule has 0 aliphatic heterocycles. The number of ether oxygens (including phenoxy) is 2. The van der Waals surface area contributed by atoms with Gasteiger partial charge in [-0.05, 0) is 44.2 Å². The molecule has 0 saturated carbocycles. The second-order valence-electron chi connectivity index (χ2n) is 7.55. The molecule has 1 atom stereocenters. The van der Waals surface area contributed by atoms with Gasteiger partial charge in [-0.1, -0.05) is 0 Å². The highest BCUT2D eigenvalue weighted by molar-refractivity contribution is 7.15. The summed E-state index contributed by atoms with van der Waals surface area (Å²) < 4.78 is 10.9. The predicted octanol–water partition coefficient (Wildman–Crippen LogP) is 5.73. The molecule has 0 amide bonds. The third-order valence-corrected chi connectivity index (χ3v) is 6.72. The fraction of sp³-hybridized carbons (Fsp3) is 0.208. The second-order valence-corrected chi connectivity index (χ2v) is 8.67. The van der Waals surface area contributed by atoms with Crippen molar-refractivity contribution in [2.75, 3.05) is 19.5 Å². The molecular weight excluding hydrogens is 422 g/mol. The van der Waals surface area contributed by atoms with Gasteiger partial charge in [0, 0.05) is 44.6 Å². The fourth-order valence-corrected chi connectivity index (χ4v) is 4.76. The van der Waals surface area contributed by atoms with E-state index in [-0.39, 0.29) is 6.04 Å². The number of methoxy groups -OCH3 is 2. The van der Waals surface area contributed by atoms with Crippen molar-refractivity contribution in [1.29, 1.82) is 0 Å². The van der Waals surface area contributed by atoms with E-state index < -0.39 is 0 Å². The molecule has 4 heterocycles. The van der Waals surface area contributed by atoms with Crippen LogP contribution >= 0.6 is 11.3 Å². The van der Waals surface area contributed by atoms with E-state index in [2.05, 4.69) is 50.4 Å². The molecule has 4 aromatic heterocycles.